The monoisotopic (exact) mass is 347 g/mol. The first-order valence-corrected chi connectivity index (χ1v) is 8.08. The minimum atomic E-state index is 0.301. The van der Waals surface area contributed by atoms with Crippen molar-refractivity contribution in [3.05, 3.63) is 64.1 Å². The van der Waals surface area contributed by atoms with E-state index in [-0.39, 0.29) is 0 Å². The van der Waals surface area contributed by atoms with E-state index in [4.69, 9.17) is 4.74 Å². The van der Waals surface area contributed by atoms with Gasteiger partial charge in [0, 0.05) is 16.6 Å². The molecule has 0 amide bonds. The van der Waals surface area contributed by atoms with Crippen molar-refractivity contribution in [3.63, 3.8) is 0 Å². The maximum absolute atomic E-state index is 5.22. The van der Waals surface area contributed by atoms with Crippen molar-refractivity contribution in [2.75, 3.05) is 7.11 Å². The van der Waals surface area contributed by atoms with Gasteiger partial charge in [-0.1, -0.05) is 47.1 Å². The third kappa shape index (κ3) is 4.32. The zero-order chi connectivity index (χ0) is 15.2. The van der Waals surface area contributed by atoms with Gasteiger partial charge in [-0.25, -0.2) is 0 Å². The quantitative estimate of drug-likeness (QED) is 0.769. The minimum absolute atomic E-state index is 0.301. The third-order valence-corrected chi connectivity index (χ3v) is 4.22. The summed E-state index contributed by atoms with van der Waals surface area (Å²) in [5.41, 5.74) is 2.58. The van der Waals surface area contributed by atoms with E-state index < -0.39 is 0 Å². The Morgan fingerprint density at radius 3 is 2.38 bits per heavy atom. The Morgan fingerprint density at radius 1 is 1.10 bits per heavy atom. The largest absolute Gasteiger partial charge is 0.497 e. The standard InChI is InChI=1S/C18H22BrNO/c1-4-18(14-8-10-17(21-3)11-9-14)20-13(2)15-6-5-7-16(19)12-15/h5-13,18,20H,4H2,1-3H3/t13-,18?/m1/s1. The van der Waals surface area contributed by atoms with E-state index in [1.807, 2.05) is 12.1 Å². The Morgan fingerprint density at radius 2 is 1.81 bits per heavy atom. The molecule has 2 rings (SSSR count). The molecule has 0 aliphatic carbocycles. The first kappa shape index (κ1) is 16.1. The number of hydrogen-bond donors (Lipinski definition) is 1. The van der Waals surface area contributed by atoms with E-state index in [9.17, 15) is 0 Å². The number of halogens is 1. The van der Waals surface area contributed by atoms with Crippen LogP contribution < -0.4 is 10.1 Å². The molecule has 2 atom stereocenters. The van der Waals surface area contributed by atoms with Crippen molar-refractivity contribution >= 4 is 15.9 Å². The zero-order valence-corrected chi connectivity index (χ0v) is 14.4. The highest BCUT2D eigenvalue weighted by atomic mass is 79.9. The summed E-state index contributed by atoms with van der Waals surface area (Å²) in [5, 5.41) is 3.70. The third-order valence-electron chi connectivity index (χ3n) is 3.73. The molecule has 0 radical (unpaired) electrons. The maximum Gasteiger partial charge on any atom is 0.118 e. The second kappa shape index (κ2) is 7.62. The lowest BCUT2D eigenvalue weighted by Gasteiger charge is -2.23. The van der Waals surface area contributed by atoms with Gasteiger partial charge in [0.15, 0.2) is 0 Å². The van der Waals surface area contributed by atoms with Crippen LogP contribution in [0.4, 0.5) is 0 Å². The molecule has 2 nitrogen and oxygen atoms in total. The van der Waals surface area contributed by atoms with Crippen LogP contribution in [0.2, 0.25) is 0 Å². The van der Waals surface area contributed by atoms with Gasteiger partial charge in [0.2, 0.25) is 0 Å². The number of benzene rings is 2. The van der Waals surface area contributed by atoms with Crippen LogP contribution >= 0.6 is 15.9 Å². The molecule has 0 heterocycles. The lowest BCUT2D eigenvalue weighted by molar-refractivity contribution is 0.413. The van der Waals surface area contributed by atoms with Crippen LogP contribution in [0.15, 0.2) is 53.0 Å². The smallest absolute Gasteiger partial charge is 0.118 e. The van der Waals surface area contributed by atoms with Gasteiger partial charge in [-0.15, -0.1) is 0 Å². The number of methoxy groups -OCH3 is 1. The maximum atomic E-state index is 5.22. The van der Waals surface area contributed by atoms with E-state index in [1.54, 1.807) is 7.11 Å². The average molecular weight is 348 g/mol. The number of rotatable bonds is 6. The molecule has 0 aliphatic heterocycles. The minimum Gasteiger partial charge on any atom is -0.497 e. The van der Waals surface area contributed by atoms with E-state index in [0.29, 0.717) is 12.1 Å². The van der Waals surface area contributed by atoms with Crippen LogP contribution in [-0.2, 0) is 0 Å². The summed E-state index contributed by atoms with van der Waals surface area (Å²) in [4.78, 5) is 0. The Bertz CT molecular complexity index is 568. The van der Waals surface area contributed by atoms with Gasteiger partial charge in [0.1, 0.15) is 5.75 Å². The topological polar surface area (TPSA) is 21.3 Å². The van der Waals surface area contributed by atoms with Gasteiger partial charge >= 0.3 is 0 Å². The van der Waals surface area contributed by atoms with Crippen LogP contribution in [0.25, 0.3) is 0 Å². The molecular weight excluding hydrogens is 326 g/mol. The average Bonchev–Trinajstić information content (AvgIpc) is 2.52. The first-order chi connectivity index (χ1) is 10.1. The fourth-order valence-corrected chi connectivity index (χ4v) is 2.88. The Balaban J connectivity index is 2.10. The summed E-state index contributed by atoms with van der Waals surface area (Å²) in [6, 6.07) is 17.4. The molecule has 112 valence electrons. The van der Waals surface area contributed by atoms with Crippen LogP contribution in [0, 0.1) is 0 Å². The number of hydrogen-bond acceptors (Lipinski definition) is 2. The molecule has 0 saturated heterocycles. The summed E-state index contributed by atoms with van der Waals surface area (Å²) >= 11 is 3.53. The predicted octanol–water partition coefficient (Wildman–Crippen LogP) is 5.26. The highest BCUT2D eigenvalue weighted by Crippen LogP contribution is 2.25. The molecule has 1 unspecified atom stereocenters. The predicted molar refractivity (Wildman–Crippen MR) is 91.7 cm³/mol. The van der Waals surface area contributed by atoms with Crippen molar-refractivity contribution in [1.29, 1.82) is 0 Å². The Hall–Kier alpha value is -1.32. The summed E-state index contributed by atoms with van der Waals surface area (Å²) < 4.78 is 6.34. The number of ether oxygens (including phenoxy) is 1. The SMILES string of the molecule is CCC(N[C@H](C)c1cccc(Br)c1)c1ccc(OC)cc1. The van der Waals surface area contributed by atoms with E-state index in [2.05, 4.69) is 71.5 Å². The van der Waals surface area contributed by atoms with Crippen molar-refractivity contribution in [2.45, 2.75) is 32.4 Å². The van der Waals surface area contributed by atoms with Crippen molar-refractivity contribution in [3.8, 4) is 5.75 Å². The van der Waals surface area contributed by atoms with Crippen LogP contribution in [-0.4, -0.2) is 7.11 Å². The van der Waals surface area contributed by atoms with E-state index in [1.165, 1.54) is 11.1 Å². The van der Waals surface area contributed by atoms with Crippen molar-refractivity contribution < 1.29 is 4.74 Å². The fourth-order valence-electron chi connectivity index (χ4n) is 2.46. The fraction of sp³-hybridized carbons (Fsp3) is 0.333. The molecule has 2 aromatic carbocycles. The molecule has 3 heteroatoms. The van der Waals surface area contributed by atoms with E-state index in [0.717, 1.165) is 16.6 Å². The summed E-state index contributed by atoms with van der Waals surface area (Å²) in [7, 11) is 1.69. The second-order valence-electron chi connectivity index (χ2n) is 5.18. The van der Waals surface area contributed by atoms with Gasteiger partial charge < -0.3 is 10.1 Å². The molecule has 0 aliphatic rings. The van der Waals surface area contributed by atoms with Crippen LogP contribution in [0.3, 0.4) is 0 Å². The summed E-state index contributed by atoms with van der Waals surface area (Å²) in [6.45, 7) is 4.41. The van der Waals surface area contributed by atoms with Crippen LogP contribution in [0.5, 0.6) is 5.75 Å². The van der Waals surface area contributed by atoms with Gasteiger partial charge in [-0.2, -0.15) is 0 Å². The van der Waals surface area contributed by atoms with E-state index >= 15 is 0 Å². The molecule has 2 aromatic rings. The first-order valence-electron chi connectivity index (χ1n) is 7.29. The lowest BCUT2D eigenvalue weighted by Crippen LogP contribution is -2.24. The number of nitrogens with one attached hydrogen (secondary N) is 1. The molecule has 0 spiro atoms. The summed E-state index contributed by atoms with van der Waals surface area (Å²) in [6.07, 6.45) is 1.05. The van der Waals surface area contributed by atoms with Crippen molar-refractivity contribution in [1.82, 2.24) is 5.32 Å². The Labute approximate surface area is 135 Å². The molecule has 1 N–H and O–H groups in total. The van der Waals surface area contributed by atoms with Gasteiger partial charge in [-0.3, -0.25) is 0 Å². The lowest BCUT2D eigenvalue weighted by atomic mass is 10.0. The Kier molecular flexibility index (Phi) is 5.83. The highest BCUT2D eigenvalue weighted by Gasteiger charge is 2.14. The molecule has 0 fully saturated rings. The highest BCUT2D eigenvalue weighted by molar-refractivity contribution is 9.10. The molecular formula is C18H22BrNO. The summed E-state index contributed by atoms with van der Waals surface area (Å²) in [5.74, 6) is 0.897. The normalized spacial score (nSPS) is 13.7. The zero-order valence-electron chi connectivity index (χ0n) is 12.8. The molecule has 0 aromatic heterocycles. The van der Waals surface area contributed by atoms with Gasteiger partial charge in [0.25, 0.3) is 0 Å². The second-order valence-corrected chi connectivity index (χ2v) is 6.09. The van der Waals surface area contributed by atoms with Crippen LogP contribution in [0.1, 0.15) is 43.5 Å². The molecule has 0 bridgehead atoms. The van der Waals surface area contributed by atoms with Gasteiger partial charge in [0.05, 0.1) is 7.11 Å². The van der Waals surface area contributed by atoms with Gasteiger partial charge in [-0.05, 0) is 48.7 Å². The van der Waals surface area contributed by atoms with Crippen molar-refractivity contribution in [2.24, 2.45) is 0 Å². The molecule has 0 saturated carbocycles. The molecule has 21 heavy (non-hydrogen) atoms.